The molecule has 1 aromatic carbocycles. The molecular formula is C18H27NO5S2. The van der Waals surface area contributed by atoms with Crippen LogP contribution in [0.4, 0.5) is 4.79 Å². The molecule has 1 unspecified atom stereocenters. The summed E-state index contributed by atoms with van der Waals surface area (Å²) in [7, 11) is 1.38. The van der Waals surface area contributed by atoms with Crippen molar-refractivity contribution in [3.05, 3.63) is 23.8 Å². The van der Waals surface area contributed by atoms with Gasteiger partial charge in [-0.3, -0.25) is 4.79 Å². The molecule has 1 amide bonds. The molecule has 0 fully saturated rings. The summed E-state index contributed by atoms with van der Waals surface area (Å²) in [4.78, 5) is 24.4. The first kappa shape index (κ1) is 22.7. The third kappa shape index (κ3) is 9.35. The maximum Gasteiger partial charge on any atom is 0.407 e. The molecule has 146 valence electrons. The first-order chi connectivity index (χ1) is 12.5. The molecular weight excluding hydrogens is 374 g/mol. The van der Waals surface area contributed by atoms with Crippen LogP contribution in [0.15, 0.2) is 28.0 Å². The van der Waals surface area contributed by atoms with E-state index in [0.29, 0.717) is 17.7 Å². The molecule has 0 radical (unpaired) electrons. The van der Waals surface area contributed by atoms with Gasteiger partial charge in [-0.05, 0) is 25.0 Å². The second-order valence-corrected chi connectivity index (χ2v) is 6.94. The molecule has 0 aliphatic heterocycles. The van der Waals surface area contributed by atoms with E-state index in [2.05, 4.69) is 35.3 Å². The number of aliphatic hydroxyl groups excluding tert-OH is 1. The summed E-state index contributed by atoms with van der Waals surface area (Å²) < 4.78 is 9.76. The highest BCUT2D eigenvalue weighted by Gasteiger charge is 2.13. The van der Waals surface area contributed by atoms with Gasteiger partial charge in [0, 0.05) is 21.8 Å². The van der Waals surface area contributed by atoms with E-state index < -0.39 is 6.09 Å². The van der Waals surface area contributed by atoms with Crippen molar-refractivity contribution in [2.75, 3.05) is 13.7 Å². The predicted octanol–water partition coefficient (Wildman–Crippen LogP) is 3.36. The summed E-state index contributed by atoms with van der Waals surface area (Å²) in [6.45, 7) is -0.0478. The fourth-order valence-electron chi connectivity index (χ4n) is 2.35. The number of amides is 1. The number of rotatable bonds is 11. The number of nitrogens with one attached hydrogen (secondary N) is 1. The van der Waals surface area contributed by atoms with Gasteiger partial charge in [0.15, 0.2) is 0 Å². The van der Waals surface area contributed by atoms with Crippen molar-refractivity contribution in [3.63, 3.8) is 0 Å². The standard InChI is InChI=1S/C18H27NO5S2/c1-23-17(21)7-5-3-2-4-6-14(11-20)19-18(22)24-12-13-8-9-15(25)10-16(13)26/h8-10,14,20,25-26H,2-7,11-12H2,1H3,(H,19,22). The molecule has 6 nitrogen and oxygen atoms in total. The zero-order valence-electron chi connectivity index (χ0n) is 14.9. The first-order valence-corrected chi connectivity index (χ1v) is 9.47. The molecule has 0 aromatic heterocycles. The lowest BCUT2D eigenvalue weighted by Crippen LogP contribution is -2.37. The molecule has 0 aliphatic carbocycles. The minimum absolute atomic E-state index is 0.102. The average Bonchev–Trinajstić information content (AvgIpc) is 2.62. The summed E-state index contributed by atoms with van der Waals surface area (Å²) in [6, 6.07) is 5.03. The maximum absolute atomic E-state index is 11.9. The van der Waals surface area contributed by atoms with E-state index in [9.17, 15) is 14.7 Å². The Morgan fingerprint density at radius 1 is 1.19 bits per heavy atom. The third-order valence-electron chi connectivity index (χ3n) is 3.88. The second-order valence-electron chi connectivity index (χ2n) is 5.94. The Morgan fingerprint density at radius 3 is 2.58 bits per heavy atom. The predicted molar refractivity (Wildman–Crippen MR) is 105 cm³/mol. The summed E-state index contributed by atoms with van der Waals surface area (Å²) in [5.74, 6) is -0.198. The zero-order valence-corrected chi connectivity index (χ0v) is 16.7. The molecule has 0 heterocycles. The van der Waals surface area contributed by atoms with Gasteiger partial charge < -0.3 is 19.9 Å². The molecule has 8 heteroatoms. The summed E-state index contributed by atoms with van der Waals surface area (Å²) >= 11 is 8.54. The van der Waals surface area contributed by atoms with Crippen LogP contribution >= 0.6 is 25.3 Å². The Hall–Kier alpha value is -1.38. The van der Waals surface area contributed by atoms with Gasteiger partial charge in [0.25, 0.3) is 0 Å². The van der Waals surface area contributed by atoms with Crippen molar-refractivity contribution in [1.29, 1.82) is 0 Å². The van der Waals surface area contributed by atoms with Gasteiger partial charge in [-0.15, -0.1) is 25.3 Å². The van der Waals surface area contributed by atoms with E-state index in [0.717, 1.165) is 36.1 Å². The Bertz CT molecular complexity index is 583. The lowest BCUT2D eigenvalue weighted by Gasteiger charge is -2.16. The highest BCUT2D eigenvalue weighted by atomic mass is 32.1. The molecule has 0 aliphatic rings. The van der Waals surface area contributed by atoms with E-state index in [1.807, 2.05) is 0 Å². The SMILES string of the molecule is COC(=O)CCCCCCC(CO)NC(=O)OCc1ccc(S)cc1S. The Kier molecular flexibility index (Phi) is 11.2. The number of aliphatic hydroxyl groups is 1. The van der Waals surface area contributed by atoms with Crippen LogP contribution < -0.4 is 5.32 Å². The first-order valence-electron chi connectivity index (χ1n) is 8.58. The lowest BCUT2D eigenvalue weighted by atomic mass is 10.1. The summed E-state index contributed by atoms with van der Waals surface area (Å²) in [6.07, 6.45) is 3.95. The number of hydrogen-bond donors (Lipinski definition) is 4. The smallest absolute Gasteiger partial charge is 0.407 e. The number of hydrogen-bond acceptors (Lipinski definition) is 7. The number of methoxy groups -OCH3 is 1. The number of carbonyl (C=O) groups is 2. The van der Waals surface area contributed by atoms with Crippen molar-refractivity contribution >= 4 is 37.3 Å². The van der Waals surface area contributed by atoms with Crippen molar-refractivity contribution in [2.45, 2.75) is 61.0 Å². The number of esters is 1. The largest absolute Gasteiger partial charge is 0.469 e. The van der Waals surface area contributed by atoms with Gasteiger partial charge >= 0.3 is 12.1 Å². The van der Waals surface area contributed by atoms with Crippen LogP contribution in [0.25, 0.3) is 0 Å². The Labute approximate surface area is 165 Å². The number of thiol groups is 2. The molecule has 0 saturated heterocycles. The van der Waals surface area contributed by atoms with Gasteiger partial charge in [-0.25, -0.2) is 4.79 Å². The van der Waals surface area contributed by atoms with Crippen molar-refractivity contribution in [1.82, 2.24) is 5.32 Å². The van der Waals surface area contributed by atoms with Crippen molar-refractivity contribution in [2.24, 2.45) is 0 Å². The second kappa shape index (κ2) is 12.9. The Balaban J connectivity index is 2.22. The third-order valence-corrected chi connectivity index (χ3v) is 4.58. The number of carbonyl (C=O) groups excluding carboxylic acids is 2. The molecule has 26 heavy (non-hydrogen) atoms. The fourth-order valence-corrected chi connectivity index (χ4v) is 2.93. The van der Waals surface area contributed by atoms with E-state index in [4.69, 9.17) is 4.74 Å². The van der Waals surface area contributed by atoms with Crippen LogP contribution in [0.1, 0.15) is 44.1 Å². The minimum atomic E-state index is -0.572. The topological polar surface area (TPSA) is 84.9 Å². The minimum Gasteiger partial charge on any atom is -0.469 e. The average molecular weight is 402 g/mol. The molecule has 0 saturated carbocycles. The van der Waals surface area contributed by atoms with Gasteiger partial charge in [0.05, 0.1) is 19.8 Å². The zero-order chi connectivity index (χ0) is 19.4. The number of ether oxygens (including phenoxy) is 2. The molecule has 0 spiro atoms. The molecule has 2 N–H and O–H groups in total. The van der Waals surface area contributed by atoms with Crippen LogP contribution in [0.3, 0.4) is 0 Å². The highest BCUT2D eigenvalue weighted by Crippen LogP contribution is 2.19. The molecule has 1 rings (SSSR count). The van der Waals surface area contributed by atoms with E-state index in [1.54, 1.807) is 18.2 Å². The van der Waals surface area contributed by atoms with E-state index in [1.165, 1.54) is 7.11 Å². The Morgan fingerprint density at radius 2 is 1.92 bits per heavy atom. The van der Waals surface area contributed by atoms with Crippen LogP contribution in [-0.2, 0) is 20.9 Å². The normalized spacial score (nSPS) is 11.7. The van der Waals surface area contributed by atoms with Crippen LogP contribution in [0.5, 0.6) is 0 Å². The van der Waals surface area contributed by atoms with Gasteiger partial charge in [-0.1, -0.05) is 25.3 Å². The van der Waals surface area contributed by atoms with Gasteiger partial charge in [0.1, 0.15) is 6.61 Å². The molecule has 1 aromatic rings. The molecule has 1 atom stereocenters. The number of benzene rings is 1. The summed E-state index contributed by atoms with van der Waals surface area (Å²) in [5.41, 5.74) is 0.785. The van der Waals surface area contributed by atoms with Gasteiger partial charge in [0.2, 0.25) is 0 Å². The van der Waals surface area contributed by atoms with E-state index >= 15 is 0 Å². The number of unbranched alkanes of at least 4 members (excludes halogenated alkanes) is 3. The van der Waals surface area contributed by atoms with Crippen molar-refractivity contribution in [3.8, 4) is 0 Å². The lowest BCUT2D eigenvalue weighted by molar-refractivity contribution is -0.140. The monoisotopic (exact) mass is 401 g/mol. The quantitative estimate of drug-likeness (QED) is 0.260. The van der Waals surface area contributed by atoms with Crippen LogP contribution in [0, 0.1) is 0 Å². The molecule has 0 bridgehead atoms. The van der Waals surface area contributed by atoms with Crippen molar-refractivity contribution < 1.29 is 24.2 Å². The van der Waals surface area contributed by atoms with Crippen LogP contribution in [-0.4, -0.2) is 36.9 Å². The van der Waals surface area contributed by atoms with Crippen LogP contribution in [0.2, 0.25) is 0 Å². The number of alkyl carbamates (subject to hydrolysis) is 1. The maximum atomic E-state index is 11.9. The van der Waals surface area contributed by atoms with Gasteiger partial charge in [-0.2, -0.15) is 0 Å². The van der Waals surface area contributed by atoms with E-state index in [-0.39, 0.29) is 25.2 Å². The fraction of sp³-hybridized carbons (Fsp3) is 0.556. The highest BCUT2D eigenvalue weighted by molar-refractivity contribution is 7.81. The summed E-state index contributed by atoms with van der Waals surface area (Å²) in [5, 5.41) is 12.1.